The Balaban J connectivity index is 1.87. The summed E-state index contributed by atoms with van der Waals surface area (Å²) < 4.78 is 5.91. The van der Waals surface area contributed by atoms with Crippen LogP contribution in [0.5, 0.6) is 5.75 Å². The molecule has 0 saturated carbocycles. The van der Waals surface area contributed by atoms with Gasteiger partial charge in [-0.15, -0.1) is 0 Å². The highest BCUT2D eigenvalue weighted by Gasteiger charge is 2.30. The van der Waals surface area contributed by atoms with E-state index < -0.39 is 6.04 Å². The molecule has 0 radical (unpaired) electrons. The van der Waals surface area contributed by atoms with E-state index in [1.807, 2.05) is 80.6 Å². The second-order valence-electron chi connectivity index (χ2n) is 11.1. The Kier molecular flexibility index (Phi) is 10.4. The van der Waals surface area contributed by atoms with Crippen LogP contribution < -0.4 is 10.1 Å². The van der Waals surface area contributed by atoms with Gasteiger partial charge in [-0.1, -0.05) is 101 Å². The maximum absolute atomic E-state index is 13.7. The van der Waals surface area contributed by atoms with Gasteiger partial charge in [0.1, 0.15) is 11.8 Å². The predicted molar refractivity (Wildman–Crippen MR) is 154 cm³/mol. The molecule has 0 aliphatic carbocycles. The highest BCUT2D eigenvalue weighted by atomic mass is 35.5. The first-order chi connectivity index (χ1) is 18.0. The summed E-state index contributed by atoms with van der Waals surface area (Å²) in [5.41, 5.74) is 3.07. The standard InChI is InChI=1S/C32H39ClN2O3/c1-23(2)20-34-31(37)29(19-24-9-7-6-8-10-24)35(21-25-11-15-27(33)16-12-25)30(36)22-38-28-17-13-26(14-18-28)32(3,4)5/h6-18,23,29H,19-22H2,1-5H3,(H,34,37). The summed E-state index contributed by atoms with van der Waals surface area (Å²) in [6.45, 7) is 11.2. The van der Waals surface area contributed by atoms with E-state index in [-0.39, 0.29) is 36.3 Å². The van der Waals surface area contributed by atoms with Gasteiger partial charge in [0.25, 0.3) is 5.91 Å². The average Bonchev–Trinajstić information content (AvgIpc) is 2.89. The Morgan fingerprint density at radius 2 is 1.53 bits per heavy atom. The molecule has 0 spiro atoms. The van der Waals surface area contributed by atoms with Gasteiger partial charge in [0, 0.05) is 24.5 Å². The first kappa shape index (κ1) is 29.2. The van der Waals surface area contributed by atoms with Crippen LogP contribution in [0.3, 0.4) is 0 Å². The number of ether oxygens (including phenoxy) is 1. The molecule has 38 heavy (non-hydrogen) atoms. The molecule has 1 N–H and O–H groups in total. The minimum atomic E-state index is -0.703. The minimum Gasteiger partial charge on any atom is -0.484 e. The third kappa shape index (κ3) is 8.91. The van der Waals surface area contributed by atoms with Crippen LogP contribution in [0.25, 0.3) is 0 Å². The van der Waals surface area contributed by atoms with E-state index in [1.54, 1.807) is 17.0 Å². The lowest BCUT2D eigenvalue weighted by molar-refractivity contribution is -0.142. The zero-order chi connectivity index (χ0) is 27.7. The number of carbonyl (C=O) groups excluding carboxylic acids is 2. The minimum absolute atomic E-state index is 0.0255. The van der Waals surface area contributed by atoms with Crippen molar-refractivity contribution in [2.75, 3.05) is 13.2 Å². The topological polar surface area (TPSA) is 58.6 Å². The molecule has 3 aromatic rings. The SMILES string of the molecule is CC(C)CNC(=O)C(Cc1ccccc1)N(Cc1ccc(Cl)cc1)C(=O)COc1ccc(C(C)(C)C)cc1. The molecular weight excluding hydrogens is 496 g/mol. The number of hydrogen-bond acceptors (Lipinski definition) is 3. The first-order valence-electron chi connectivity index (χ1n) is 13.1. The van der Waals surface area contributed by atoms with Gasteiger partial charge in [-0.25, -0.2) is 0 Å². The zero-order valence-corrected chi connectivity index (χ0v) is 23.8. The molecule has 3 rings (SSSR count). The summed E-state index contributed by atoms with van der Waals surface area (Å²) in [6, 6.07) is 24.2. The Hall–Kier alpha value is -3.31. The third-order valence-electron chi connectivity index (χ3n) is 6.30. The Morgan fingerprint density at radius 3 is 2.11 bits per heavy atom. The molecule has 1 atom stereocenters. The van der Waals surface area contributed by atoms with Gasteiger partial charge in [0.05, 0.1) is 0 Å². The smallest absolute Gasteiger partial charge is 0.261 e. The maximum atomic E-state index is 13.7. The van der Waals surface area contributed by atoms with E-state index in [4.69, 9.17) is 16.3 Å². The largest absolute Gasteiger partial charge is 0.484 e. The zero-order valence-electron chi connectivity index (χ0n) is 23.0. The molecule has 202 valence electrons. The number of rotatable bonds is 11. The van der Waals surface area contributed by atoms with Crippen LogP contribution in [0.15, 0.2) is 78.9 Å². The molecule has 5 nitrogen and oxygen atoms in total. The summed E-state index contributed by atoms with van der Waals surface area (Å²) >= 11 is 6.09. The van der Waals surface area contributed by atoms with Crippen LogP contribution in [0, 0.1) is 5.92 Å². The van der Waals surface area contributed by atoms with E-state index in [0.717, 1.165) is 11.1 Å². The second-order valence-corrected chi connectivity index (χ2v) is 11.5. The summed E-state index contributed by atoms with van der Waals surface area (Å²) in [5, 5.41) is 3.65. The monoisotopic (exact) mass is 534 g/mol. The van der Waals surface area contributed by atoms with Crippen molar-refractivity contribution in [1.82, 2.24) is 10.2 Å². The second kappa shape index (κ2) is 13.5. The number of nitrogens with one attached hydrogen (secondary N) is 1. The van der Waals surface area contributed by atoms with E-state index in [1.165, 1.54) is 5.56 Å². The number of hydrogen-bond donors (Lipinski definition) is 1. The summed E-state index contributed by atoms with van der Waals surface area (Å²) in [7, 11) is 0. The van der Waals surface area contributed by atoms with Crippen LogP contribution in [-0.2, 0) is 28.0 Å². The van der Waals surface area contributed by atoms with Crippen molar-refractivity contribution in [1.29, 1.82) is 0 Å². The number of halogens is 1. The lowest BCUT2D eigenvalue weighted by atomic mass is 9.87. The Bertz CT molecular complexity index is 1170. The fourth-order valence-corrected chi connectivity index (χ4v) is 4.17. The molecule has 0 bridgehead atoms. The van der Waals surface area contributed by atoms with Crippen molar-refractivity contribution in [2.45, 2.75) is 59.0 Å². The molecule has 0 aromatic heterocycles. The normalized spacial score (nSPS) is 12.2. The Labute approximate surface area is 232 Å². The molecule has 0 saturated heterocycles. The molecule has 0 fully saturated rings. The molecular formula is C32H39ClN2O3. The highest BCUT2D eigenvalue weighted by molar-refractivity contribution is 6.30. The van der Waals surface area contributed by atoms with Crippen molar-refractivity contribution in [3.63, 3.8) is 0 Å². The molecule has 0 heterocycles. The van der Waals surface area contributed by atoms with Crippen LogP contribution in [0.4, 0.5) is 0 Å². The maximum Gasteiger partial charge on any atom is 0.261 e. The van der Waals surface area contributed by atoms with Crippen LogP contribution >= 0.6 is 11.6 Å². The third-order valence-corrected chi connectivity index (χ3v) is 6.56. The highest BCUT2D eigenvalue weighted by Crippen LogP contribution is 2.24. The van der Waals surface area contributed by atoms with Gasteiger partial charge in [-0.3, -0.25) is 9.59 Å². The van der Waals surface area contributed by atoms with Crippen molar-refractivity contribution in [2.24, 2.45) is 5.92 Å². The summed E-state index contributed by atoms with van der Waals surface area (Å²) in [4.78, 5) is 28.8. The number of amides is 2. The predicted octanol–water partition coefficient (Wildman–Crippen LogP) is 6.43. The lowest BCUT2D eigenvalue weighted by Crippen LogP contribution is -2.52. The molecule has 0 aliphatic rings. The first-order valence-corrected chi connectivity index (χ1v) is 13.5. The van der Waals surface area contributed by atoms with Crippen molar-refractivity contribution < 1.29 is 14.3 Å². The molecule has 1 unspecified atom stereocenters. The van der Waals surface area contributed by atoms with Crippen LogP contribution in [0.1, 0.15) is 51.3 Å². The molecule has 0 aliphatic heterocycles. The molecule has 2 amide bonds. The molecule has 3 aromatic carbocycles. The van der Waals surface area contributed by atoms with E-state index >= 15 is 0 Å². The fourth-order valence-electron chi connectivity index (χ4n) is 4.04. The number of carbonyl (C=O) groups is 2. The fraction of sp³-hybridized carbons (Fsp3) is 0.375. The summed E-state index contributed by atoms with van der Waals surface area (Å²) in [5.74, 6) is 0.456. The van der Waals surface area contributed by atoms with E-state index in [2.05, 4.69) is 26.1 Å². The van der Waals surface area contributed by atoms with Gasteiger partial charge >= 0.3 is 0 Å². The van der Waals surface area contributed by atoms with Crippen molar-refractivity contribution in [3.8, 4) is 5.75 Å². The number of nitrogens with zero attached hydrogens (tertiary/aromatic N) is 1. The average molecular weight is 535 g/mol. The summed E-state index contributed by atoms with van der Waals surface area (Å²) in [6.07, 6.45) is 0.393. The van der Waals surface area contributed by atoms with E-state index in [9.17, 15) is 9.59 Å². The van der Waals surface area contributed by atoms with Crippen LogP contribution in [0.2, 0.25) is 5.02 Å². The van der Waals surface area contributed by atoms with Gasteiger partial charge in [-0.2, -0.15) is 0 Å². The quantitative estimate of drug-likeness (QED) is 0.308. The van der Waals surface area contributed by atoms with Gasteiger partial charge in [0.15, 0.2) is 6.61 Å². The number of benzene rings is 3. The van der Waals surface area contributed by atoms with Crippen LogP contribution in [-0.4, -0.2) is 35.9 Å². The van der Waals surface area contributed by atoms with Gasteiger partial charge in [0.2, 0.25) is 5.91 Å². The van der Waals surface area contributed by atoms with Gasteiger partial charge in [-0.05, 0) is 52.3 Å². The van der Waals surface area contributed by atoms with Crippen molar-refractivity contribution >= 4 is 23.4 Å². The Morgan fingerprint density at radius 1 is 0.895 bits per heavy atom. The lowest BCUT2D eigenvalue weighted by Gasteiger charge is -2.31. The van der Waals surface area contributed by atoms with E-state index in [0.29, 0.717) is 23.7 Å². The van der Waals surface area contributed by atoms with Crippen molar-refractivity contribution in [3.05, 3.63) is 101 Å². The van der Waals surface area contributed by atoms with Gasteiger partial charge < -0.3 is 15.0 Å². The molecule has 6 heteroatoms.